The number of nitrogens with one attached hydrogen (secondary N) is 1. The molecule has 1 heterocycles. The number of rotatable bonds is 6. The van der Waals surface area contributed by atoms with E-state index in [2.05, 4.69) is 10.3 Å². The topological polar surface area (TPSA) is 50.9 Å². The van der Waals surface area contributed by atoms with Gasteiger partial charge < -0.3 is 11.1 Å². The van der Waals surface area contributed by atoms with Gasteiger partial charge in [-0.25, -0.2) is 4.98 Å². The monoisotopic (exact) mass is 307 g/mol. The standard InChI is InChI=1S/C15H18ClN3S/c1-18-13(9-11-3-2-8-19-15(11)17)10-20-14-6-4-12(16)5-7-14/h2-8,13,18H,9-10H2,1H3,(H2,17,19). The van der Waals surface area contributed by atoms with Gasteiger partial charge in [0, 0.05) is 27.9 Å². The first-order valence-corrected chi connectivity index (χ1v) is 7.80. The summed E-state index contributed by atoms with van der Waals surface area (Å²) >= 11 is 7.69. The maximum Gasteiger partial charge on any atom is 0.126 e. The maximum absolute atomic E-state index is 5.89. The highest BCUT2D eigenvalue weighted by atomic mass is 35.5. The summed E-state index contributed by atoms with van der Waals surface area (Å²) in [6, 6.07) is 12.2. The van der Waals surface area contributed by atoms with Gasteiger partial charge in [0.05, 0.1) is 0 Å². The van der Waals surface area contributed by atoms with Crippen LogP contribution in [-0.2, 0) is 6.42 Å². The average Bonchev–Trinajstić information content (AvgIpc) is 2.47. The highest BCUT2D eigenvalue weighted by Gasteiger charge is 2.10. The zero-order valence-electron chi connectivity index (χ0n) is 11.3. The molecule has 5 heteroatoms. The van der Waals surface area contributed by atoms with Gasteiger partial charge in [-0.1, -0.05) is 17.7 Å². The number of nitrogens with zero attached hydrogens (tertiary/aromatic N) is 1. The molecule has 1 aromatic carbocycles. The second-order valence-corrected chi connectivity index (χ2v) is 6.03. The number of aromatic nitrogens is 1. The minimum Gasteiger partial charge on any atom is -0.383 e. The Balaban J connectivity index is 1.92. The molecule has 0 aliphatic heterocycles. The van der Waals surface area contributed by atoms with E-state index < -0.39 is 0 Å². The number of pyridine rings is 1. The van der Waals surface area contributed by atoms with Crippen LogP contribution in [-0.4, -0.2) is 23.8 Å². The number of hydrogen-bond donors (Lipinski definition) is 2. The van der Waals surface area contributed by atoms with Gasteiger partial charge in [0.25, 0.3) is 0 Å². The van der Waals surface area contributed by atoms with E-state index in [4.69, 9.17) is 17.3 Å². The summed E-state index contributed by atoms with van der Waals surface area (Å²) in [7, 11) is 1.97. The third kappa shape index (κ3) is 4.40. The van der Waals surface area contributed by atoms with E-state index in [1.807, 2.05) is 43.4 Å². The van der Waals surface area contributed by atoms with Gasteiger partial charge in [-0.15, -0.1) is 11.8 Å². The first-order chi connectivity index (χ1) is 9.69. The number of likely N-dealkylation sites (N-methyl/N-ethyl adjacent to an activating group) is 1. The molecule has 0 aliphatic rings. The van der Waals surface area contributed by atoms with Crippen LogP contribution < -0.4 is 11.1 Å². The normalized spacial score (nSPS) is 12.3. The van der Waals surface area contributed by atoms with Crippen LogP contribution in [0.2, 0.25) is 5.02 Å². The SMILES string of the molecule is CNC(CSc1ccc(Cl)cc1)Cc1cccnc1N. The van der Waals surface area contributed by atoms with Crippen molar-refractivity contribution in [3.8, 4) is 0 Å². The van der Waals surface area contributed by atoms with Crippen molar-refractivity contribution < 1.29 is 0 Å². The lowest BCUT2D eigenvalue weighted by atomic mass is 10.1. The molecule has 1 unspecified atom stereocenters. The van der Waals surface area contributed by atoms with Crippen LogP contribution in [0.1, 0.15) is 5.56 Å². The number of nitrogen functional groups attached to an aromatic ring is 1. The predicted molar refractivity (Wildman–Crippen MR) is 87.4 cm³/mol. The zero-order valence-corrected chi connectivity index (χ0v) is 12.9. The molecule has 0 aliphatic carbocycles. The van der Waals surface area contributed by atoms with Crippen molar-refractivity contribution in [2.45, 2.75) is 17.4 Å². The van der Waals surface area contributed by atoms with Gasteiger partial charge >= 0.3 is 0 Å². The molecular weight excluding hydrogens is 290 g/mol. The molecular formula is C15H18ClN3S. The highest BCUT2D eigenvalue weighted by Crippen LogP contribution is 2.22. The van der Waals surface area contributed by atoms with Crippen LogP contribution in [0.15, 0.2) is 47.5 Å². The number of anilines is 1. The number of benzene rings is 1. The lowest BCUT2D eigenvalue weighted by molar-refractivity contribution is 0.617. The van der Waals surface area contributed by atoms with E-state index in [1.165, 1.54) is 4.90 Å². The van der Waals surface area contributed by atoms with E-state index in [0.717, 1.165) is 22.8 Å². The molecule has 20 heavy (non-hydrogen) atoms. The van der Waals surface area contributed by atoms with Crippen LogP contribution in [0.25, 0.3) is 0 Å². The molecule has 2 aromatic rings. The van der Waals surface area contributed by atoms with Crippen molar-refractivity contribution in [2.75, 3.05) is 18.5 Å². The fraction of sp³-hybridized carbons (Fsp3) is 0.267. The van der Waals surface area contributed by atoms with Crippen molar-refractivity contribution >= 4 is 29.2 Å². The van der Waals surface area contributed by atoms with Gasteiger partial charge in [0.15, 0.2) is 0 Å². The Kier molecular flexibility index (Phi) is 5.71. The largest absolute Gasteiger partial charge is 0.383 e. The molecule has 0 spiro atoms. The number of hydrogen-bond acceptors (Lipinski definition) is 4. The van der Waals surface area contributed by atoms with Gasteiger partial charge in [0.2, 0.25) is 0 Å². The molecule has 0 amide bonds. The predicted octanol–water partition coefficient (Wildman–Crippen LogP) is 3.24. The summed E-state index contributed by atoms with van der Waals surface area (Å²) in [5, 5.41) is 4.10. The van der Waals surface area contributed by atoms with Crippen LogP contribution >= 0.6 is 23.4 Å². The fourth-order valence-corrected chi connectivity index (χ4v) is 2.99. The molecule has 1 aromatic heterocycles. The summed E-state index contributed by atoms with van der Waals surface area (Å²) in [6.07, 6.45) is 2.59. The van der Waals surface area contributed by atoms with Crippen molar-refractivity contribution in [1.82, 2.24) is 10.3 Å². The summed E-state index contributed by atoms with van der Waals surface area (Å²) in [5.74, 6) is 1.58. The van der Waals surface area contributed by atoms with Crippen LogP contribution in [0.4, 0.5) is 5.82 Å². The Bertz CT molecular complexity index is 545. The fourth-order valence-electron chi connectivity index (χ4n) is 1.86. The summed E-state index contributed by atoms with van der Waals surface area (Å²) in [5.41, 5.74) is 6.97. The summed E-state index contributed by atoms with van der Waals surface area (Å²) < 4.78 is 0. The zero-order chi connectivity index (χ0) is 14.4. The minimum atomic E-state index is 0.349. The number of halogens is 1. The first kappa shape index (κ1) is 15.2. The van der Waals surface area contributed by atoms with Gasteiger partial charge in [-0.3, -0.25) is 0 Å². The smallest absolute Gasteiger partial charge is 0.126 e. The molecule has 3 N–H and O–H groups in total. The number of thioether (sulfide) groups is 1. The Morgan fingerprint density at radius 2 is 2.05 bits per heavy atom. The van der Waals surface area contributed by atoms with E-state index in [0.29, 0.717) is 11.9 Å². The minimum absolute atomic E-state index is 0.349. The summed E-state index contributed by atoms with van der Waals surface area (Å²) in [6.45, 7) is 0. The van der Waals surface area contributed by atoms with Crippen molar-refractivity contribution in [1.29, 1.82) is 0 Å². The second kappa shape index (κ2) is 7.53. The van der Waals surface area contributed by atoms with Gasteiger partial charge in [-0.05, 0) is 49.4 Å². The molecule has 3 nitrogen and oxygen atoms in total. The second-order valence-electron chi connectivity index (χ2n) is 4.50. The van der Waals surface area contributed by atoms with E-state index in [9.17, 15) is 0 Å². The molecule has 0 saturated carbocycles. The van der Waals surface area contributed by atoms with Gasteiger partial charge in [-0.2, -0.15) is 0 Å². The lowest BCUT2D eigenvalue weighted by Crippen LogP contribution is -2.30. The molecule has 0 fully saturated rings. The van der Waals surface area contributed by atoms with Crippen LogP contribution in [0.5, 0.6) is 0 Å². The average molecular weight is 308 g/mol. The van der Waals surface area contributed by atoms with Crippen molar-refractivity contribution in [3.63, 3.8) is 0 Å². The van der Waals surface area contributed by atoms with E-state index >= 15 is 0 Å². The molecule has 0 radical (unpaired) electrons. The lowest BCUT2D eigenvalue weighted by Gasteiger charge is -2.16. The van der Waals surface area contributed by atoms with Gasteiger partial charge in [0.1, 0.15) is 5.82 Å². The number of nitrogens with two attached hydrogens (primary N) is 1. The first-order valence-electron chi connectivity index (χ1n) is 6.44. The molecule has 1 atom stereocenters. The van der Waals surface area contributed by atoms with Crippen LogP contribution in [0.3, 0.4) is 0 Å². The molecule has 0 bridgehead atoms. The molecule has 0 saturated heterocycles. The maximum atomic E-state index is 5.89. The highest BCUT2D eigenvalue weighted by molar-refractivity contribution is 7.99. The Labute approximate surface area is 128 Å². The van der Waals surface area contributed by atoms with Crippen molar-refractivity contribution in [2.24, 2.45) is 0 Å². The van der Waals surface area contributed by atoms with Crippen molar-refractivity contribution in [3.05, 3.63) is 53.2 Å². The molecule has 106 valence electrons. The Morgan fingerprint density at radius 3 is 2.70 bits per heavy atom. The quantitative estimate of drug-likeness (QED) is 0.804. The van der Waals surface area contributed by atoms with E-state index in [1.54, 1.807) is 18.0 Å². The third-order valence-electron chi connectivity index (χ3n) is 3.07. The summed E-state index contributed by atoms with van der Waals surface area (Å²) in [4.78, 5) is 5.34. The van der Waals surface area contributed by atoms with Crippen LogP contribution in [0, 0.1) is 0 Å². The molecule has 2 rings (SSSR count). The van der Waals surface area contributed by atoms with E-state index in [-0.39, 0.29) is 0 Å². The third-order valence-corrected chi connectivity index (χ3v) is 4.49. The Hall–Kier alpha value is -1.23. The Morgan fingerprint density at radius 1 is 1.30 bits per heavy atom.